The van der Waals surface area contributed by atoms with Gasteiger partial charge in [-0.05, 0) is 42.9 Å². The first kappa shape index (κ1) is 20.2. The maximum Gasteiger partial charge on any atom is 0.260 e. The van der Waals surface area contributed by atoms with Crippen molar-refractivity contribution in [3.8, 4) is 11.5 Å². The van der Waals surface area contributed by atoms with Crippen LogP contribution in [-0.4, -0.2) is 26.0 Å². The summed E-state index contributed by atoms with van der Waals surface area (Å²) in [7, 11) is 3.05. The smallest absolute Gasteiger partial charge is 0.260 e. The summed E-state index contributed by atoms with van der Waals surface area (Å²) in [4.78, 5) is 26.2. The van der Waals surface area contributed by atoms with Gasteiger partial charge in [0.15, 0.2) is 0 Å². The Balaban J connectivity index is 1.90. The molecular weight excluding hydrogens is 376 g/mol. The van der Waals surface area contributed by atoms with Crippen molar-refractivity contribution in [1.29, 1.82) is 0 Å². The number of amides is 2. The van der Waals surface area contributed by atoms with Gasteiger partial charge in [-0.25, -0.2) is 0 Å². The summed E-state index contributed by atoms with van der Waals surface area (Å²) in [6, 6.07) is 4.99. The van der Waals surface area contributed by atoms with E-state index in [4.69, 9.17) is 15.2 Å². The van der Waals surface area contributed by atoms with E-state index in [1.807, 2.05) is 0 Å². The zero-order chi connectivity index (χ0) is 20.3. The molecule has 1 unspecified atom stereocenters. The Hall–Kier alpha value is -2.54. The number of fused-ring (bicyclic) bond motifs is 1. The highest BCUT2D eigenvalue weighted by atomic mass is 32.1. The van der Waals surface area contributed by atoms with Gasteiger partial charge in [0.2, 0.25) is 0 Å². The van der Waals surface area contributed by atoms with Crippen LogP contribution in [0, 0.1) is 5.92 Å². The van der Waals surface area contributed by atoms with Crippen LogP contribution >= 0.6 is 11.3 Å². The molecule has 2 aromatic rings. The number of thiophene rings is 1. The highest BCUT2D eigenvalue weighted by Gasteiger charge is 2.29. The van der Waals surface area contributed by atoms with E-state index in [1.165, 1.54) is 24.9 Å². The van der Waals surface area contributed by atoms with Crippen molar-refractivity contribution in [3.63, 3.8) is 0 Å². The molecule has 0 saturated heterocycles. The number of methoxy groups -OCH3 is 2. The molecule has 150 valence electrons. The number of nitrogens with one attached hydrogen (secondary N) is 1. The molecule has 1 aromatic heterocycles. The Morgan fingerprint density at radius 1 is 1.29 bits per heavy atom. The monoisotopic (exact) mass is 402 g/mol. The summed E-state index contributed by atoms with van der Waals surface area (Å²) < 4.78 is 10.5. The van der Waals surface area contributed by atoms with Gasteiger partial charge in [-0.1, -0.05) is 19.8 Å². The minimum absolute atomic E-state index is 0.342. The molecule has 1 aromatic carbocycles. The molecule has 3 rings (SSSR count). The maximum atomic E-state index is 12.9. The number of carbonyl (C=O) groups is 2. The second kappa shape index (κ2) is 8.65. The molecule has 6 nitrogen and oxygen atoms in total. The SMILES string of the molecule is CCCC1CCc2c(sc(NC(=O)c3ccc(OC)cc3OC)c2C(N)=O)C1. The fourth-order valence-electron chi connectivity index (χ4n) is 3.81. The number of benzene rings is 1. The average molecular weight is 403 g/mol. The fraction of sp³-hybridized carbons (Fsp3) is 0.429. The third-order valence-corrected chi connectivity index (χ3v) is 6.36. The average Bonchev–Trinajstić information content (AvgIpc) is 3.04. The van der Waals surface area contributed by atoms with Gasteiger partial charge in [-0.15, -0.1) is 11.3 Å². The Morgan fingerprint density at radius 2 is 2.07 bits per heavy atom. The number of ether oxygens (including phenoxy) is 2. The minimum atomic E-state index is -0.497. The molecule has 0 fully saturated rings. The summed E-state index contributed by atoms with van der Waals surface area (Å²) in [6.45, 7) is 2.19. The summed E-state index contributed by atoms with van der Waals surface area (Å²) in [5, 5.41) is 3.41. The van der Waals surface area contributed by atoms with Crippen LogP contribution < -0.4 is 20.5 Å². The fourth-order valence-corrected chi connectivity index (χ4v) is 5.18. The molecule has 28 heavy (non-hydrogen) atoms. The number of primary amides is 1. The van der Waals surface area contributed by atoms with Crippen molar-refractivity contribution in [3.05, 3.63) is 39.8 Å². The van der Waals surface area contributed by atoms with E-state index in [0.29, 0.717) is 33.5 Å². The topological polar surface area (TPSA) is 90.7 Å². The van der Waals surface area contributed by atoms with Gasteiger partial charge in [0.05, 0.1) is 25.3 Å². The second-order valence-corrected chi connectivity index (χ2v) is 8.10. The molecule has 0 saturated carbocycles. The summed E-state index contributed by atoms with van der Waals surface area (Å²) in [5.74, 6) is 0.790. The standard InChI is InChI=1S/C21H26N2O4S/c1-4-5-12-6-8-15-17(10-12)28-21(18(15)19(22)24)23-20(25)14-9-7-13(26-2)11-16(14)27-3/h7,9,11-12H,4-6,8,10H2,1-3H3,(H2,22,24)(H,23,25). The van der Waals surface area contributed by atoms with Crippen molar-refractivity contribution in [2.45, 2.75) is 39.0 Å². The minimum Gasteiger partial charge on any atom is -0.497 e. The highest BCUT2D eigenvalue weighted by Crippen LogP contribution is 2.41. The van der Waals surface area contributed by atoms with Crippen LogP contribution in [-0.2, 0) is 12.8 Å². The van der Waals surface area contributed by atoms with Crippen LogP contribution in [0.1, 0.15) is 57.3 Å². The van der Waals surface area contributed by atoms with E-state index < -0.39 is 5.91 Å². The zero-order valence-corrected chi connectivity index (χ0v) is 17.3. The molecule has 1 aliphatic rings. The maximum absolute atomic E-state index is 12.9. The van der Waals surface area contributed by atoms with Crippen LogP contribution in [0.25, 0.3) is 0 Å². The summed E-state index contributed by atoms with van der Waals surface area (Å²) in [6.07, 6.45) is 5.15. The van der Waals surface area contributed by atoms with Gasteiger partial charge < -0.3 is 20.5 Å². The molecule has 0 aliphatic heterocycles. The van der Waals surface area contributed by atoms with Crippen molar-refractivity contribution >= 4 is 28.2 Å². The van der Waals surface area contributed by atoms with E-state index >= 15 is 0 Å². The Labute approximate surface area is 169 Å². The normalized spacial score (nSPS) is 15.6. The van der Waals surface area contributed by atoms with E-state index in [0.717, 1.165) is 36.1 Å². The third kappa shape index (κ3) is 3.99. The van der Waals surface area contributed by atoms with Gasteiger partial charge in [0.25, 0.3) is 11.8 Å². The molecule has 1 aliphatic carbocycles. The molecule has 0 spiro atoms. The first-order valence-electron chi connectivity index (χ1n) is 9.46. The van der Waals surface area contributed by atoms with Crippen molar-refractivity contribution < 1.29 is 19.1 Å². The lowest BCUT2D eigenvalue weighted by atomic mass is 9.84. The zero-order valence-electron chi connectivity index (χ0n) is 16.5. The highest BCUT2D eigenvalue weighted by molar-refractivity contribution is 7.17. The quantitative estimate of drug-likeness (QED) is 0.732. The lowest BCUT2D eigenvalue weighted by molar-refractivity contribution is 0.1000. The van der Waals surface area contributed by atoms with E-state index in [9.17, 15) is 9.59 Å². The number of anilines is 1. The van der Waals surface area contributed by atoms with Gasteiger partial charge in [-0.3, -0.25) is 9.59 Å². The molecule has 1 atom stereocenters. The lowest BCUT2D eigenvalue weighted by Gasteiger charge is -2.21. The second-order valence-electron chi connectivity index (χ2n) is 6.99. The first-order valence-corrected chi connectivity index (χ1v) is 10.3. The van der Waals surface area contributed by atoms with E-state index in [1.54, 1.807) is 25.3 Å². The third-order valence-electron chi connectivity index (χ3n) is 5.19. The molecular formula is C21H26N2O4S. The number of rotatable bonds is 7. The van der Waals surface area contributed by atoms with Crippen LogP contribution in [0.3, 0.4) is 0 Å². The Morgan fingerprint density at radius 3 is 2.71 bits per heavy atom. The molecule has 2 amide bonds. The van der Waals surface area contributed by atoms with Gasteiger partial charge in [-0.2, -0.15) is 0 Å². The number of hydrogen-bond donors (Lipinski definition) is 2. The summed E-state index contributed by atoms with van der Waals surface area (Å²) in [5.41, 5.74) is 7.49. The lowest BCUT2D eigenvalue weighted by Crippen LogP contribution is -2.20. The van der Waals surface area contributed by atoms with Crippen LogP contribution in [0.4, 0.5) is 5.00 Å². The Bertz CT molecular complexity index is 891. The first-order chi connectivity index (χ1) is 13.5. The largest absolute Gasteiger partial charge is 0.497 e. The molecule has 0 radical (unpaired) electrons. The van der Waals surface area contributed by atoms with Crippen LogP contribution in [0.5, 0.6) is 11.5 Å². The van der Waals surface area contributed by atoms with Gasteiger partial charge >= 0.3 is 0 Å². The predicted molar refractivity (Wildman–Crippen MR) is 111 cm³/mol. The van der Waals surface area contributed by atoms with Crippen LogP contribution in [0.15, 0.2) is 18.2 Å². The summed E-state index contributed by atoms with van der Waals surface area (Å²) >= 11 is 1.47. The van der Waals surface area contributed by atoms with Crippen molar-refractivity contribution in [1.82, 2.24) is 0 Å². The van der Waals surface area contributed by atoms with E-state index in [2.05, 4.69) is 12.2 Å². The molecule has 0 bridgehead atoms. The molecule has 3 N–H and O–H groups in total. The number of hydrogen-bond acceptors (Lipinski definition) is 5. The van der Waals surface area contributed by atoms with Crippen molar-refractivity contribution in [2.24, 2.45) is 11.7 Å². The van der Waals surface area contributed by atoms with Gasteiger partial charge in [0.1, 0.15) is 16.5 Å². The van der Waals surface area contributed by atoms with E-state index in [-0.39, 0.29) is 5.91 Å². The van der Waals surface area contributed by atoms with Crippen molar-refractivity contribution in [2.75, 3.05) is 19.5 Å². The number of nitrogens with two attached hydrogens (primary N) is 1. The number of carbonyl (C=O) groups excluding carboxylic acids is 2. The van der Waals surface area contributed by atoms with Gasteiger partial charge in [0, 0.05) is 10.9 Å². The molecule has 7 heteroatoms. The Kier molecular flexibility index (Phi) is 6.24. The van der Waals surface area contributed by atoms with Crippen LogP contribution in [0.2, 0.25) is 0 Å². The molecule has 1 heterocycles. The predicted octanol–water partition coefficient (Wildman–Crippen LogP) is 4.02.